The summed E-state index contributed by atoms with van der Waals surface area (Å²) < 4.78 is 16.2. The maximum atomic E-state index is 12.5. The maximum Gasteiger partial charge on any atom is 0.313 e. The second kappa shape index (κ2) is 8.66. The van der Waals surface area contributed by atoms with Crippen LogP contribution in [0, 0.1) is 10.1 Å². The van der Waals surface area contributed by atoms with Crippen LogP contribution in [-0.4, -0.2) is 17.9 Å². The second-order valence-corrected chi connectivity index (χ2v) is 6.48. The number of ether oxygens (including phenoxy) is 2. The predicted molar refractivity (Wildman–Crippen MR) is 106 cm³/mol. The number of amides is 1. The van der Waals surface area contributed by atoms with Gasteiger partial charge in [0.1, 0.15) is 5.76 Å². The van der Waals surface area contributed by atoms with Crippen LogP contribution in [0.15, 0.2) is 59.2 Å². The lowest BCUT2D eigenvalue weighted by Crippen LogP contribution is -2.26. The van der Waals surface area contributed by atoms with Gasteiger partial charge in [0.15, 0.2) is 11.5 Å². The number of methoxy groups -OCH3 is 1. The molecule has 1 N–H and O–H groups in total. The van der Waals surface area contributed by atoms with Gasteiger partial charge in [0.2, 0.25) is 5.75 Å². The fourth-order valence-corrected chi connectivity index (χ4v) is 2.79. The first-order valence-corrected chi connectivity index (χ1v) is 8.91. The molecule has 0 saturated carbocycles. The Hall–Kier alpha value is -3.52. The Labute approximate surface area is 171 Å². The molecule has 2 aromatic carbocycles. The summed E-state index contributed by atoms with van der Waals surface area (Å²) >= 11 is 5.82. The molecule has 0 aliphatic carbocycles. The minimum absolute atomic E-state index is 0.00124. The SMILES string of the molecule is COc1cc(C(=O)N[C@H](C)c2ccco2)ccc1Oc1ccc(Cl)cc1[N+](=O)[O-]. The average Bonchev–Trinajstić information content (AvgIpc) is 3.24. The van der Waals surface area contributed by atoms with Crippen LogP contribution in [-0.2, 0) is 0 Å². The van der Waals surface area contributed by atoms with E-state index in [1.807, 2.05) is 0 Å². The minimum Gasteiger partial charge on any atom is -0.493 e. The van der Waals surface area contributed by atoms with Gasteiger partial charge in [0.05, 0.1) is 24.3 Å². The molecular weight excluding hydrogens is 400 g/mol. The summed E-state index contributed by atoms with van der Waals surface area (Å²) in [5.74, 6) is 0.749. The van der Waals surface area contributed by atoms with Gasteiger partial charge >= 0.3 is 5.69 Å². The monoisotopic (exact) mass is 416 g/mol. The highest BCUT2D eigenvalue weighted by molar-refractivity contribution is 6.30. The van der Waals surface area contributed by atoms with E-state index in [0.717, 1.165) is 0 Å². The Balaban J connectivity index is 1.82. The van der Waals surface area contributed by atoms with Crippen molar-refractivity contribution in [3.05, 3.63) is 81.3 Å². The number of halogens is 1. The first-order chi connectivity index (χ1) is 13.9. The van der Waals surface area contributed by atoms with Crippen molar-refractivity contribution in [3.8, 4) is 17.2 Å². The number of furan rings is 1. The van der Waals surface area contributed by atoms with Crippen LogP contribution >= 0.6 is 11.6 Å². The number of nitrogens with zero attached hydrogens (tertiary/aromatic N) is 1. The minimum atomic E-state index is -0.592. The predicted octanol–water partition coefficient (Wildman–Crippen LogP) is 5.13. The lowest BCUT2D eigenvalue weighted by Gasteiger charge is -2.14. The summed E-state index contributed by atoms with van der Waals surface area (Å²) in [7, 11) is 1.41. The number of nitrogens with one attached hydrogen (secondary N) is 1. The molecule has 0 aliphatic heterocycles. The van der Waals surface area contributed by atoms with Gasteiger partial charge < -0.3 is 19.2 Å². The number of carbonyl (C=O) groups excluding carboxylic acids is 1. The number of nitro groups is 1. The Bertz CT molecular complexity index is 1040. The molecule has 0 spiro atoms. The van der Waals surface area contributed by atoms with Gasteiger partial charge in [-0.2, -0.15) is 0 Å². The molecule has 1 amide bonds. The van der Waals surface area contributed by atoms with Crippen molar-refractivity contribution in [2.75, 3.05) is 7.11 Å². The highest BCUT2D eigenvalue weighted by atomic mass is 35.5. The van der Waals surface area contributed by atoms with E-state index in [1.165, 1.54) is 49.8 Å². The van der Waals surface area contributed by atoms with Gasteiger partial charge in [-0.15, -0.1) is 0 Å². The third kappa shape index (κ3) is 4.67. The molecule has 0 bridgehead atoms. The van der Waals surface area contributed by atoms with Gasteiger partial charge in [-0.05, 0) is 49.4 Å². The normalized spacial score (nSPS) is 11.6. The van der Waals surface area contributed by atoms with E-state index < -0.39 is 4.92 Å². The molecule has 0 saturated heterocycles. The summed E-state index contributed by atoms with van der Waals surface area (Å²) in [6.07, 6.45) is 1.53. The standard InChI is InChI=1S/C20H17ClN2O6/c1-12(16-4-3-9-28-16)22-20(24)13-5-7-18(19(10-13)27-2)29-17-8-6-14(21)11-15(17)23(25)26/h3-12H,1-2H3,(H,22,24)/t12-/m1/s1. The fourth-order valence-electron chi connectivity index (χ4n) is 2.62. The largest absolute Gasteiger partial charge is 0.493 e. The second-order valence-electron chi connectivity index (χ2n) is 6.05. The molecule has 8 nitrogen and oxygen atoms in total. The fraction of sp³-hybridized carbons (Fsp3) is 0.150. The zero-order chi connectivity index (χ0) is 21.0. The van der Waals surface area contributed by atoms with Gasteiger partial charge in [0.25, 0.3) is 5.91 Å². The molecule has 29 heavy (non-hydrogen) atoms. The van der Waals surface area contributed by atoms with Crippen molar-refractivity contribution in [2.45, 2.75) is 13.0 Å². The lowest BCUT2D eigenvalue weighted by atomic mass is 10.1. The number of benzene rings is 2. The quantitative estimate of drug-likeness (QED) is 0.422. The first kappa shape index (κ1) is 20.2. The van der Waals surface area contributed by atoms with E-state index in [0.29, 0.717) is 11.3 Å². The summed E-state index contributed by atoms with van der Waals surface area (Å²) in [6.45, 7) is 1.80. The van der Waals surface area contributed by atoms with E-state index in [2.05, 4.69) is 5.32 Å². The Morgan fingerprint density at radius 3 is 2.59 bits per heavy atom. The van der Waals surface area contributed by atoms with Crippen LogP contribution in [0.1, 0.15) is 29.1 Å². The lowest BCUT2D eigenvalue weighted by molar-refractivity contribution is -0.385. The van der Waals surface area contributed by atoms with Crippen molar-refractivity contribution >= 4 is 23.2 Å². The molecular formula is C20H17ClN2O6. The van der Waals surface area contributed by atoms with Crippen LogP contribution in [0.2, 0.25) is 5.02 Å². The van der Waals surface area contributed by atoms with Crippen LogP contribution < -0.4 is 14.8 Å². The summed E-state index contributed by atoms with van der Waals surface area (Å²) in [5, 5.41) is 14.3. The third-order valence-corrected chi connectivity index (χ3v) is 4.32. The van der Waals surface area contributed by atoms with Crippen molar-refractivity contribution in [2.24, 2.45) is 0 Å². The summed E-state index contributed by atoms with van der Waals surface area (Å²) in [5.41, 5.74) is 0.0480. The molecule has 9 heteroatoms. The Kier molecular flexibility index (Phi) is 6.04. The molecule has 1 aromatic heterocycles. The summed E-state index contributed by atoms with van der Waals surface area (Å²) in [6, 6.07) is 11.8. The summed E-state index contributed by atoms with van der Waals surface area (Å²) in [4.78, 5) is 23.2. The average molecular weight is 417 g/mol. The number of hydrogen-bond acceptors (Lipinski definition) is 6. The number of hydrogen-bond donors (Lipinski definition) is 1. The molecule has 3 aromatic rings. The van der Waals surface area contributed by atoms with Gasteiger partial charge in [-0.3, -0.25) is 14.9 Å². The molecule has 3 rings (SSSR count). The Morgan fingerprint density at radius 2 is 1.93 bits per heavy atom. The van der Waals surface area contributed by atoms with Crippen molar-refractivity contribution in [1.82, 2.24) is 5.32 Å². The highest BCUT2D eigenvalue weighted by Crippen LogP contribution is 2.38. The number of nitro benzene ring substituents is 1. The molecule has 0 fully saturated rings. The molecule has 150 valence electrons. The zero-order valence-electron chi connectivity index (χ0n) is 15.5. The molecule has 0 radical (unpaired) electrons. The molecule has 0 unspecified atom stereocenters. The molecule has 0 aliphatic rings. The first-order valence-electron chi connectivity index (χ1n) is 8.53. The van der Waals surface area contributed by atoms with Crippen LogP contribution in [0.3, 0.4) is 0 Å². The van der Waals surface area contributed by atoms with Crippen molar-refractivity contribution < 1.29 is 23.6 Å². The van der Waals surface area contributed by atoms with Gasteiger partial charge in [-0.25, -0.2) is 0 Å². The zero-order valence-corrected chi connectivity index (χ0v) is 16.3. The van der Waals surface area contributed by atoms with Gasteiger partial charge in [-0.1, -0.05) is 11.6 Å². The van der Waals surface area contributed by atoms with E-state index >= 15 is 0 Å². The van der Waals surface area contributed by atoms with Gasteiger partial charge in [0, 0.05) is 16.7 Å². The van der Waals surface area contributed by atoms with E-state index in [9.17, 15) is 14.9 Å². The van der Waals surface area contributed by atoms with Crippen LogP contribution in [0.25, 0.3) is 0 Å². The van der Waals surface area contributed by atoms with Crippen molar-refractivity contribution in [1.29, 1.82) is 0 Å². The molecule has 1 atom stereocenters. The van der Waals surface area contributed by atoms with Crippen LogP contribution in [0.4, 0.5) is 5.69 Å². The highest BCUT2D eigenvalue weighted by Gasteiger charge is 2.20. The maximum absolute atomic E-state index is 12.5. The third-order valence-electron chi connectivity index (χ3n) is 4.08. The smallest absolute Gasteiger partial charge is 0.313 e. The van der Waals surface area contributed by atoms with E-state index in [-0.39, 0.29) is 39.9 Å². The van der Waals surface area contributed by atoms with E-state index in [4.69, 9.17) is 25.5 Å². The van der Waals surface area contributed by atoms with E-state index in [1.54, 1.807) is 19.1 Å². The topological polar surface area (TPSA) is 104 Å². The molecule has 1 heterocycles. The number of carbonyl (C=O) groups is 1. The van der Waals surface area contributed by atoms with Crippen molar-refractivity contribution in [3.63, 3.8) is 0 Å². The van der Waals surface area contributed by atoms with Crippen LogP contribution in [0.5, 0.6) is 17.2 Å². The Morgan fingerprint density at radius 1 is 1.17 bits per heavy atom. The number of rotatable bonds is 7.